The molecule has 1 aromatic heterocycles. The van der Waals surface area contributed by atoms with Crippen molar-refractivity contribution >= 4 is 34.1 Å². The molecule has 2 aliphatic rings. The fourth-order valence-corrected chi connectivity index (χ4v) is 5.16. The molecule has 0 spiro atoms. The van der Waals surface area contributed by atoms with E-state index in [1.54, 1.807) is 7.05 Å². The number of carbonyl (C=O) groups excluding carboxylic acids is 3. The summed E-state index contributed by atoms with van der Waals surface area (Å²) in [5, 5.41) is 3.46. The second-order valence-electron chi connectivity index (χ2n) is 7.83. The Morgan fingerprint density at radius 2 is 2.03 bits per heavy atom. The second-order valence-corrected chi connectivity index (χ2v) is 8.94. The van der Waals surface area contributed by atoms with Gasteiger partial charge < -0.3 is 20.0 Å². The molecule has 0 bridgehead atoms. The number of amides is 3. The molecule has 4 rings (SSSR count). The summed E-state index contributed by atoms with van der Waals surface area (Å²) in [5.41, 5.74) is 3.33. The van der Waals surface area contributed by atoms with E-state index in [0.717, 1.165) is 22.5 Å². The first-order valence-corrected chi connectivity index (χ1v) is 10.4. The van der Waals surface area contributed by atoms with E-state index in [9.17, 15) is 14.4 Å². The average molecular weight is 413 g/mol. The molecule has 3 amide bonds. The number of benzene rings is 1. The third-order valence-corrected chi connectivity index (χ3v) is 6.34. The van der Waals surface area contributed by atoms with Crippen molar-refractivity contribution in [1.82, 2.24) is 14.7 Å². The van der Waals surface area contributed by atoms with Gasteiger partial charge in [-0.15, -0.1) is 11.3 Å². The number of nitrogens with zero attached hydrogens (tertiary/aromatic N) is 3. The molecule has 152 valence electrons. The van der Waals surface area contributed by atoms with Crippen molar-refractivity contribution in [3.05, 3.63) is 51.4 Å². The van der Waals surface area contributed by atoms with Gasteiger partial charge in [0.05, 0.1) is 18.7 Å². The van der Waals surface area contributed by atoms with Crippen LogP contribution in [0, 0.1) is 0 Å². The SMILES string of the molecule is CN(C)Cc1cccc(C(=O)N2CCc3c(sc4c3C(=O)N(C)CC(=O)N4)C2)c1. The molecule has 0 radical (unpaired) electrons. The number of nitrogens with one attached hydrogen (secondary N) is 1. The highest BCUT2D eigenvalue weighted by Gasteiger charge is 2.34. The highest BCUT2D eigenvalue weighted by molar-refractivity contribution is 7.17. The van der Waals surface area contributed by atoms with Crippen LogP contribution >= 0.6 is 11.3 Å². The standard InChI is InChI=1S/C21H24N4O3S/c1-23(2)10-13-5-4-6-14(9-13)20(27)25-8-7-15-16(11-25)29-19-18(15)21(28)24(3)12-17(26)22-19/h4-6,9H,7-8,10-12H2,1-3H3,(H,22,26). The summed E-state index contributed by atoms with van der Waals surface area (Å²) >= 11 is 1.41. The maximum absolute atomic E-state index is 13.1. The minimum Gasteiger partial charge on any atom is -0.333 e. The van der Waals surface area contributed by atoms with Crippen LogP contribution in [0.2, 0.25) is 0 Å². The van der Waals surface area contributed by atoms with Crippen LogP contribution in [-0.4, -0.2) is 66.7 Å². The lowest BCUT2D eigenvalue weighted by molar-refractivity contribution is -0.116. The molecule has 0 aliphatic carbocycles. The van der Waals surface area contributed by atoms with Crippen molar-refractivity contribution in [3.8, 4) is 0 Å². The fraction of sp³-hybridized carbons (Fsp3) is 0.381. The Balaban J connectivity index is 1.59. The monoisotopic (exact) mass is 412 g/mol. The van der Waals surface area contributed by atoms with Gasteiger partial charge >= 0.3 is 0 Å². The first kappa shape index (κ1) is 19.6. The molecule has 0 atom stereocenters. The van der Waals surface area contributed by atoms with E-state index in [-0.39, 0.29) is 24.3 Å². The van der Waals surface area contributed by atoms with Crippen LogP contribution in [0.15, 0.2) is 24.3 Å². The van der Waals surface area contributed by atoms with Gasteiger partial charge in [0.15, 0.2) is 0 Å². The Morgan fingerprint density at radius 1 is 1.24 bits per heavy atom. The topological polar surface area (TPSA) is 73.0 Å². The summed E-state index contributed by atoms with van der Waals surface area (Å²) < 4.78 is 0. The van der Waals surface area contributed by atoms with Gasteiger partial charge in [-0.1, -0.05) is 12.1 Å². The van der Waals surface area contributed by atoms with E-state index in [2.05, 4.69) is 10.2 Å². The number of carbonyl (C=O) groups is 3. The van der Waals surface area contributed by atoms with Gasteiger partial charge in [0.25, 0.3) is 11.8 Å². The number of thiophene rings is 1. The Morgan fingerprint density at radius 3 is 2.79 bits per heavy atom. The maximum atomic E-state index is 13.1. The van der Waals surface area contributed by atoms with Crippen molar-refractivity contribution in [2.75, 3.05) is 39.5 Å². The Labute approximate surface area is 173 Å². The first-order valence-electron chi connectivity index (χ1n) is 9.56. The molecule has 7 nitrogen and oxygen atoms in total. The van der Waals surface area contributed by atoms with Gasteiger partial charge in [0.1, 0.15) is 5.00 Å². The zero-order valence-electron chi connectivity index (χ0n) is 16.8. The predicted molar refractivity (Wildman–Crippen MR) is 112 cm³/mol. The summed E-state index contributed by atoms with van der Waals surface area (Å²) in [5.74, 6) is -0.330. The van der Waals surface area contributed by atoms with Crippen LogP contribution in [0.25, 0.3) is 0 Å². The van der Waals surface area contributed by atoms with Crippen LogP contribution in [0.3, 0.4) is 0 Å². The summed E-state index contributed by atoms with van der Waals surface area (Å²) in [6.45, 7) is 1.84. The third-order valence-electron chi connectivity index (χ3n) is 5.21. The number of hydrogen-bond acceptors (Lipinski definition) is 5. The van der Waals surface area contributed by atoms with Crippen LogP contribution in [-0.2, 0) is 24.3 Å². The molecular weight excluding hydrogens is 388 g/mol. The van der Waals surface area contributed by atoms with E-state index in [1.807, 2.05) is 43.3 Å². The van der Waals surface area contributed by atoms with Crippen LogP contribution in [0.5, 0.6) is 0 Å². The molecule has 2 aliphatic heterocycles. The van der Waals surface area contributed by atoms with Gasteiger partial charge in [-0.2, -0.15) is 0 Å². The summed E-state index contributed by atoms with van der Waals surface area (Å²) in [6.07, 6.45) is 0.611. The summed E-state index contributed by atoms with van der Waals surface area (Å²) in [4.78, 5) is 44.1. The second kappa shape index (κ2) is 7.61. The number of likely N-dealkylation sites (N-methyl/N-ethyl adjacent to an activating group) is 1. The van der Waals surface area contributed by atoms with Gasteiger partial charge in [-0.3, -0.25) is 14.4 Å². The van der Waals surface area contributed by atoms with Gasteiger partial charge in [0.2, 0.25) is 5.91 Å². The van der Waals surface area contributed by atoms with Gasteiger partial charge in [-0.25, -0.2) is 0 Å². The average Bonchev–Trinajstić information content (AvgIpc) is 2.98. The maximum Gasteiger partial charge on any atom is 0.257 e. The lowest BCUT2D eigenvalue weighted by Gasteiger charge is -2.28. The van der Waals surface area contributed by atoms with Crippen molar-refractivity contribution < 1.29 is 14.4 Å². The number of rotatable bonds is 3. The molecular formula is C21H24N4O3S. The summed E-state index contributed by atoms with van der Waals surface area (Å²) in [6, 6.07) is 7.73. The fourth-order valence-electron chi connectivity index (χ4n) is 3.89. The molecule has 0 unspecified atom stereocenters. The molecule has 2 aromatic rings. The van der Waals surface area contributed by atoms with Crippen LogP contribution < -0.4 is 5.32 Å². The van der Waals surface area contributed by atoms with Crippen LogP contribution in [0.4, 0.5) is 5.00 Å². The highest BCUT2D eigenvalue weighted by atomic mass is 32.1. The van der Waals surface area contributed by atoms with Crippen molar-refractivity contribution in [2.24, 2.45) is 0 Å². The predicted octanol–water partition coefficient (Wildman–Crippen LogP) is 2.03. The number of fused-ring (bicyclic) bond motifs is 3. The molecule has 0 fully saturated rings. The first-order chi connectivity index (χ1) is 13.8. The minimum atomic E-state index is -0.191. The minimum absolute atomic E-state index is 0.00710. The lowest BCUT2D eigenvalue weighted by atomic mass is 10.0. The third kappa shape index (κ3) is 3.77. The largest absolute Gasteiger partial charge is 0.333 e. The van der Waals surface area contributed by atoms with E-state index >= 15 is 0 Å². The quantitative estimate of drug-likeness (QED) is 0.837. The van der Waals surface area contributed by atoms with Crippen molar-refractivity contribution in [3.63, 3.8) is 0 Å². The van der Waals surface area contributed by atoms with Gasteiger partial charge in [-0.05, 0) is 43.8 Å². The normalized spacial score (nSPS) is 16.4. The number of anilines is 1. The molecule has 29 heavy (non-hydrogen) atoms. The molecule has 1 N–H and O–H groups in total. The zero-order chi connectivity index (χ0) is 20.7. The van der Waals surface area contributed by atoms with Crippen molar-refractivity contribution in [1.29, 1.82) is 0 Å². The molecule has 3 heterocycles. The molecule has 0 saturated heterocycles. The summed E-state index contributed by atoms with van der Waals surface area (Å²) in [7, 11) is 5.64. The zero-order valence-corrected chi connectivity index (χ0v) is 17.6. The van der Waals surface area contributed by atoms with Crippen molar-refractivity contribution in [2.45, 2.75) is 19.5 Å². The molecule has 1 aromatic carbocycles. The van der Waals surface area contributed by atoms with E-state index in [1.165, 1.54) is 16.2 Å². The van der Waals surface area contributed by atoms with E-state index in [0.29, 0.717) is 35.6 Å². The Kier molecular flexibility index (Phi) is 5.14. The van der Waals surface area contributed by atoms with E-state index < -0.39 is 0 Å². The smallest absolute Gasteiger partial charge is 0.257 e. The Hall–Kier alpha value is -2.71. The van der Waals surface area contributed by atoms with Crippen LogP contribution in [0.1, 0.15) is 36.7 Å². The highest BCUT2D eigenvalue weighted by Crippen LogP contribution is 2.39. The van der Waals surface area contributed by atoms with Gasteiger partial charge in [0, 0.05) is 30.6 Å². The number of hydrogen-bond donors (Lipinski definition) is 1. The molecule has 0 saturated carbocycles. The van der Waals surface area contributed by atoms with E-state index in [4.69, 9.17) is 0 Å². The lowest BCUT2D eigenvalue weighted by Crippen LogP contribution is -2.36. The molecule has 8 heteroatoms. The Bertz CT molecular complexity index is 998.